The van der Waals surface area contributed by atoms with Crippen molar-refractivity contribution in [2.45, 2.75) is 0 Å². The number of para-hydroxylation sites is 2. The molecule has 0 aliphatic rings. The number of thiophene rings is 1. The molecule has 0 aliphatic carbocycles. The maximum absolute atomic E-state index is 6.44. The number of fused-ring (bicyclic) bond motifs is 13. The Bertz CT molecular complexity index is 4320. The molecule has 0 radical (unpaired) electrons. The van der Waals surface area contributed by atoms with Crippen LogP contribution in [0.25, 0.3) is 108 Å². The van der Waals surface area contributed by atoms with Crippen LogP contribution in [0.5, 0.6) is 0 Å². The lowest BCUT2D eigenvalue weighted by atomic mass is 10.0. The summed E-state index contributed by atoms with van der Waals surface area (Å²) in [6.07, 6.45) is 1.92. The van der Waals surface area contributed by atoms with Crippen molar-refractivity contribution in [1.29, 1.82) is 0 Å². The number of hydrogen-bond acceptors (Lipinski definition) is 9. The third-order valence-corrected chi connectivity index (χ3v) is 14.5. The van der Waals surface area contributed by atoms with Crippen molar-refractivity contribution in [3.05, 3.63) is 206 Å². The van der Waals surface area contributed by atoms with Crippen molar-refractivity contribution >= 4 is 153 Å². The first-order valence-corrected chi connectivity index (χ1v) is 23.6. The number of furan rings is 2. The van der Waals surface area contributed by atoms with E-state index in [0.717, 1.165) is 104 Å². The van der Waals surface area contributed by atoms with Gasteiger partial charge >= 0.3 is 0 Å². The maximum Gasteiger partial charge on any atom is 0.255 e. The standard InChI is InChI=1S/C60H34N6O2S/c1-3-11-37-27-41-29-43(19-17-39(41)25-35(37)9-1)65(45-21-23-50-48-13-5-7-15-52(48)67-54(50)31-45)47-33-56-57(61-34-47)58-59(69-56)62-60(64-63-58)66(46-22-24-51-49-14-6-8-16-53(49)68-55(51)32-46)44-20-18-40-26-36-10-2-4-12-38(36)28-42(40)30-44/h1-34H. The lowest BCUT2D eigenvalue weighted by Gasteiger charge is -2.25. The molecule has 322 valence electrons. The number of pyridine rings is 1. The zero-order valence-electron chi connectivity index (χ0n) is 36.5. The van der Waals surface area contributed by atoms with E-state index in [1.165, 1.54) is 26.9 Å². The zero-order chi connectivity index (χ0) is 45.2. The Kier molecular flexibility index (Phi) is 8.07. The van der Waals surface area contributed by atoms with Gasteiger partial charge in [-0.2, -0.15) is 4.98 Å². The number of benzene rings is 10. The van der Waals surface area contributed by atoms with Crippen LogP contribution in [0.3, 0.4) is 0 Å². The van der Waals surface area contributed by atoms with Gasteiger partial charge in [0.15, 0.2) is 4.83 Å². The van der Waals surface area contributed by atoms with E-state index in [-0.39, 0.29) is 0 Å². The molecule has 0 unspecified atom stereocenters. The SMILES string of the molecule is c1ccc2cc3cc(N(c4ccc5c(c4)oc4ccccc45)c4cnc5c(c4)sc4nc(N(c6ccc7cc8ccccc8cc7c6)c6ccc7c(c6)oc6ccccc67)nnc45)ccc3cc2c1. The van der Waals surface area contributed by atoms with Gasteiger partial charge in [0.05, 0.1) is 22.3 Å². The highest BCUT2D eigenvalue weighted by Gasteiger charge is 2.23. The number of aromatic nitrogens is 4. The predicted octanol–water partition coefficient (Wildman–Crippen LogP) is 17.0. The number of nitrogens with zero attached hydrogens (tertiary/aromatic N) is 6. The van der Waals surface area contributed by atoms with Crippen LogP contribution in [0.2, 0.25) is 0 Å². The van der Waals surface area contributed by atoms with Crippen molar-refractivity contribution in [3.8, 4) is 0 Å². The van der Waals surface area contributed by atoms with Crippen LogP contribution in [0.4, 0.5) is 34.4 Å². The summed E-state index contributed by atoms with van der Waals surface area (Å²) >= 11 is 1.56. The molecule has 5 heterocycles. The Labute approximate surface area is 396 Å². The van der Waals surface area contributed by atoms with Crippen LogP contribution in [0.1, 0.15) is 0 Å². The third-order valence-electron chi connectivity index (χ3n) is 13.5. The van der Waals surface area contributed by atoms with Gasteiger partial charge in [-0.3, -0.25) is 9.88 Å². The first-order valence-electron chi connectivity index (χ1n) is 22.8. The van der Waals surface area contributed by atoms with Gasteiger partial charge in [0, 0.05) is 50.7 Å². The van der Waals surface area contributed by atoms with Gasteiger partial charge in [0.25, 0.3) is 5.95 Å². The number of rotatable bonds is 6. The Morgan fingerprint density at radius 1 is 0.348 bits per heavy atom. The van der Waals surface area contributed by atoms with E-state index >= 15 is 0 Å². The van der Waals surface area contributed by atoms with Crippen LogP contribution >= 0.6 is 11.3 Å². The molecule has 9 heteroatoms. The maximum atomic E-state index is 6.44. The molecule has 8 nitrogen and oxygen atoms in total. The fourth-order valence-corrected chi connectivity index (χ4v) is 11.2. The summed E-state index contributed by atoms with van der Waals surface area (Å²) in [6, 6.07) is 70.3. The molecule has 15 rings (SSSR count). The fourth-order valence-electron chi connectivity index (χ4n) is 10.2. The molecular weight excluding hydrogens is 869 g/mol. The van der Waals surface area contributed by atoms with Crippen molar-refractivity contribution in [3.63, 3.8) is 0 Å². The summed E-state index contributed by atoms with van der Waals surface area (Å²) < 4.78 is 13.8. The molecule has 15 aromatic rings. The van der Waals surface area contributed by atoms with E-state index in [1.54, 1.807) is 11.3 Å². The lowest BCUT2D eigenvalue weighted by molar-refractivity contribution is 0.668. The minimum Gasteiger partial charge on any atom is -0.456 e. The first-order chi connectivity index (χ1) is 34.1. The zero-order valence-corrected chi connectivity index (χ0v) is 37.4. The van der Waals surface area contributed by atoms with E-state index in [2.05, 4.69) is 174 Å². The molecule has 69 heavy (non-hydrogen) atoms. The molecular formula is C60H34N6O2S. The average Bonchev–Trinajstić information content (AvgIpc) is 4.08. The summed E-state index contributed by atoms with van der Waals surface area (Å²) in [5, 5.41) is 23.4. The smallest absolute Gasteiger partial charge is 0.255 e. The van der Waals surface area contributed by atoms with Gasteiger partial charge in [-0.25, -0.2) is 0 Å². The second-order valence-corrected chi connectivity index (χ2v) is 18.6. The van der Waals surface area contributed by atoms with Gasteiger partial charge in [0.2, 0.25) is 0 Å². The van der Waals surface area contributed by atoms with E-state index in [9.17, 15) is 0 Å². The van der Waals surface area contributed by atoms with Gasteiger partial charge in [-0.05, 0) is 134 Å². The molecule has 0 aliphatic heterocycles. The molecule has 0 saturated carbocycles. The summed E-state index contributed by atoms with van der Waals surface area (Å²) in [5.41, 5.74) is 9.28. The number of anilines is 6. The molecule has 0 amide bonds. The van der Waals surface area contributed by atoms with Crippen LogP contribution in [0, 0.1) is 0 Å². The molecule has 0 N–H and O–H groups in total. The monoisotopic (exact) mass is 902 g/mol. The molecule has 5 aromatic heterocycles. The van der Waals surface area contributed by atoms with Gasteiger partial charge in [0.1, 0.15) is 33.4 Å². The van der Waals surface area contributed by atoms with Crippen molar-refractivity contribution in [1.82, 2.24) is 20.2 Å². The molecule has 0 atom stereocenters. The highest BCUT2D eigenvalue weighted by molar-refractivity contribution is 7.25. The Morgan fingerprint density at radius 3 is 1.41 bits per heavy atom. The molecule has 0 saturated heterocycles. The second-order valence-electron chi connectivity index (χ2n) is 17.6. The minimum atomic E-state index is 0.439. The fraction of sp³-hybridized carbons (Fsp3) is 0. The minimum absolute atomic E-state index is 0.439. The van der Waals surface area contributed by atoms with Gasteiger partial charge in [-0.1, -0.05) is 97.1 Å². The van der Waals surface area contributed by atoms with Crippen LogP contribution in [-0.2, 0) is 0 Å². The second kappa shape index (κ2) is 14.7. The first kappa shape index (κ1) is 38.0. The molecule has 0 spiro atoms. The quantitative estimate of drug-likeness (QED) is 0.153. The highest BCUT2D eigenvalue weighted by atomic mass is 32.1. The largest absolute Gasteiger partial charge is 0.456 e. The summed E-state index contributed by atoms with van der Waals surface area (Å²) in [6.45, 7) is 0. The Morgan fingerprint density at radius 2 is 0.812 bits per heavy atom. The van der Waals surface area contributed by atoms with Crippen LogP contribution in [-0.4, -0.2) is 20.2 Å². The van der Waals surface area contributed by atoms with Gasteiger partial charge in [-0.15, -0.1) is 21.5 Å². The van der Waals surface area contributed by atoms with E-state index in [4.69, 9.17) is 29.0 Å². The summed E-state index contributed by atoms with van der Waals surface area (Å²) in [4.78, 5) is 15.5. The Balaban J connectivity index is 0.887. The average molecular weight is 903 g/mol. The van der Waals surface area contributed by atoms with Crippen molar-refractivity contribution in [2.75, 3.05) is 9.80 Å². The summed E-state index contributed by atoms with van der Waals surface area (Å²) in [5.74, 6) is 0.439. The molecule has 0 fully saturated rings. The topological polar surface area (TPSA) is 84.3 Å². The normalized spacial score (nSPS) is 12.1. The van der Waals surface area contributed by atoms with E-state index in [0.29, 0.717) is 11.5 Å². The van der Waals surface area contributed by atoms with E-state index in [1.807, 2.05) is 42.6 Å². The van der Waals surface area contributed by atoms with Crippen molar-refractivity contribution < 1.29 is 8.83 Å². The van der Waals surface area contributed by atoms with Crippen molar-refractivity contribution in [2.24, 2.45) is 0 Å². The number of hydrogen-bond donors (Lipinski definition) is 0. The van der Waals surface area contributed by atoms with Crippen LogP contribution in [0.15, 0.2) is 215 Å². The predicted molar refractivity (Wildman–Crippen MR) is 284 cm³/mol. The molecule has 10 aromatic carbocycles. The summed E-state index contributed by atoms with van der Waals surface area (Å²) in [7, 11) is 0. The Hall–Kier alpha value is -9.18. The van der Waals surface area contributed by atoms with Crippen LogP contribution < -0.4 is 9.80 Å². The highest BCUT2D eigenvalue weighted by Crippen LogP contribution is 2.44. The lowest BCUT2D eigenvalue weighted by Crippen LogP contribution is -2.14. The van der Waals surface area contributed by atoms with E-state index < -0.39 is 0 Å². The van der Waals surface area contributed by atoms with Gasteiger partial charge < -0.3 is 13.7 Å². The third kappa shape index (κ3) is 6.07. The molecule has 0 bridgehead atoms.